The van der Waals surface area contributed by atoms with E-state index in [1.165, 1.54) is 18.2 Å². The number of nitrogen functional groups attached to an aromatic ring is 1. The maximum Gasteiger partial charge on any atom is 0.264 e. The molecule has 2 atom stereocenters. The van der Waals surface area contributed by atoms with E-state index in [0.29, 0.717) is 69.7 Å². The number of aliphatic hydroxyl groups excluding tert-OH is 1. The van der Waals surface area contributed by atoms with Crippen molar-refractivity contribution in [3.8, 4) is 17.0 Å². The van der Waals surface area contributed by atoms with Crippen molar-refractivity contribution >= 4 is 46.7 Å². The van der Waals surface area contributed by atoms with Gasteiger partial charge in [-0.15, -0.1) is 10.2 Å². The van der Waals surface area contributed by atoms with E-state index < -0.39 is 41.8 Å². The Balaban J connectivity index is 0.768. The monoisotopic (exact) mass is 804 g/mol. The molecule has 6 rings (SSSR count). The molecule has 3 aliphatic rings. The highest BCUT2D eigenvalue weighted by Gasteiger charge is 2.45. The average molecular weight is 805 g/mol. The van der Waals surface area contributed by atoms with E-state index in [2.05, 4.69) is 31.0 Å². The van der Waals surface area contributed by atoms with Gasteiger partial charge in [-0.05, 0) is 49.6 Å². The first kappa shape index (κ1) is 42.0. The zero-order valence-electron chi connectivity index (χ0n) is 31.9. The van der Waals surface area contributed by atoms with Crippen LogP contribution in [0.25, 0.3) is 11.3 Å². The highest BCUT2D eigenvalue weighted by atomic mass is 16.6. The van der Waals surface area contributed by atoms with Crippen LogP contribution in [0.1, 0.15) is 46.4 Å². The van der Waals surface area contributed by atoms with Crippen LogP contribution in [0.4, 0.5) is 17.2 Å². The van der Waals surface area contributed by atoms with E-state index in [1.807, 2.05) is 12.1 Å². The van der Waals surface area contributed by atoms with Gasteiger partial charge < -0.3 is 45.1 Å². The Bertz CT molecular complexity index is 1960. The number of fused-ring (bicyclic) bond motifs is 1. The summed E-state index contributed by atoms with van der Waals surface area (Å²) in [5.41, 5.74) is 8.17. The number of piperidine rings is 2. The summed E-state index contributed by atoms with van der Waals surface area (Å²) in [4.78, 5) is 65.5. The van der Waals surface area contributed by atoms with Crippen molar-refractivity contribution in [2.45, 2.75) is 38.0 Å². The second kappa shape index (κ2) is 20.2. The third-order valence-electron chi connectivity index (χ3n) is 10.00. The molecular weight excluding hydrogens is 756 g/mol. The first-order valence-electron chi connectivity index (χ1n) is 19.2. The summed E-state index contributed by atoms with van der Waals surface area (Å²) >= 11 is 0. The van der Waals surface area contributed by atoms with Gasteiger partial charge in [-0.25, -0.2) is 0 Å². The van der Waals surface area contributed by atoms with Crippen molar-refractivity contribution in [2.75, 3.05) is 88.4 Å². The first-order chi connectivity index (χ1) is 28.1. The van der Waals surface area contributed by atoms with Crippen molar-refractivity contribution in [1.82, 2.24) is 25.7 Å². The molecule has 1 aromatic heterocycles. The molecular formula is C39H48N8O11. The molecule has 2 fully saturated rings. The number of aliphatic hydroxyl groups is 1. The van der Waals surface area contributed by atoms with Crippen molar-refractivity contribution in [3.05, 3.63) is 59.7 Å². The summed E-state index contributed by atoms with van der Waals surface area (Å²) in [6, 6.07) is 12.1. The molecule has 7 N–H and O–H groups in total. The number of nitrogens with zero attached hydrogens (tertiary/aromatic N) is 4. The number of imide groups is 2. The molecule has 19 heteroatoms. The van der Waals surface area contributed by atoms with Crippen LogP contribution < -0.4 is 26.6 Å². The van der Waals surface area contributed by atoms with Crippen molar-refractivity contribution in [3.63, 3.8) is 0 Å². The fourth-order valence-corrected chi connectivity index (χ4v) is 7.00. The number of aromatic nitrogens is 2. The number of aromatic hydroxyl groups is 1. The molecule has 310 valence electrons. The van der Waals surface area contributed by atoms with Crippen LogP contribution in [-0.4, -0.2) is 140 Å². The Hall–Kier alpha value is -5.57. The minimum atomic E-state index is -1.11. The number of nitrogens with two attached hydrogens (primary N) is 1. The van der Waals surface area contributed by atoms with Gasteiger partial charge in [0.1, 0.15) is 24.6 Å². The van der Waals surface area contributed by atoms with Gasteiger partial charge in [-0.2, -0.15) is 0 Å². The van der Waals surface area contributed by atoms with Gasteiger partial charge in [-0.1, -0.05) is 18.2 Å². The Kier molecular flexibility index (Phi) is 14.7. The van der Waals surface area contributed by atoms with Crippen LogP contribution in [0.2, 0.25) is 0 Å². The van der Waals surface area contributed by atoms with E-state index in [-0.39, 0.29) is 61.1 Å². The number of rotatable bonds is 20. The molecule has 3 aromatic rings. The van der Waals surface area contributed by atoms with Gasteiger partial charge >= 0.3 is 0 Å². The minimum Gasteiger partial charge on any atom is -0.507 e. The highest BCUT2D eigenvalue weighted by molar-refractivity contribution is 6.26. The summed E-state index contributed by atoms with van der Waals surface area (Å²) in [7, 11) is 0. The molecule has 0 radical (unpaired) electrons. The lowest BCUT2D eigenvalue weighted by Gasteiger charge is -2.36. The summed E-state index contributed by atoms with van der Waals surface area (Å²) in [5.74, 6) is -2.63. The SMILES string of the molecule is Nc1nnc(-c2ccccc2O)cc1N1CCC(C(O)NCCOCCOCCOCCOCC(=O)Nc2cccc3c2C(=O)N(C2CCC(=O)NC2=O)C3=O)CC1. The average Bonchev–Trinajstić information content (AvgIpc) is 3.47. The lowest BCUT2D eigenvalue weighted by molar-refractivity contribution is -0.136. The van der Waals surface area contributed by atoms with Crippen LogP contribution in [0.3, 0.4) is 0 Å². The second-order valence-corrected chi connectivity index (χ2v) is 13.9. The van der Waals surface area contributed by atoms with Crippen LogP contribution >= 0.6 is 0 Å². The molecule has 0 saturated carbocycles. The van der Waals surface area contributed by atoms with E-state index in [1.54, 1.807) is 18.2 Å². The predicted molar refractivity (Wildman–Crippen MR) is 208 cm³/mol. The number of nitrogens with one attached hydrogen (secondary N) is 3. The zero-order chi connectivity index (χ0) is 41.0. The maximum atomic E-state index is 13.2. The summed E-state index contributed by atoms with van der Waals surface area (Å²) < 4.78 is 22.0. The smallest absolute Gasteiger partial charge is 0.264 e. The lowest BCUT2D eigenvalue weighted by atomic mass is 9.94. The number of hydrogen-bond donors (Lipinski definition) is 6. The fraction of sp³-hybridized carbons (Fsp3) is 0.462. The Morgan fingerprint density at radius 1 is 0.862 bits per heavy atom. The van der Waals surface area contributed by atoms with Crippen LogP contribution in [0.15, 0.2) is 48.5 Å². The molecule has 58 heavy (non-hydrogen) atoms. The Morgan fingerprint density at radius 2 is 1.53 bits per heavy atom. The summed E-state index contributed by atoms with van der Waals surface area (Å²) in [6.45, 7) is 3.63. The van der Waals surface area contributed by atoms with Gasteiger partial charge in [0.25, 0.3) is 11.8 Å². The number of carbonyl (C=O) groups excluding carboxylic acids is 5. The second-order valence-electron chi connectivity index (χ2n) is 13.9. The van der Waals surface area contributed by atoms with Crippen LogP contribution in [-0.2, 0) is 33.3 Å². The van der Waals surface area contributed by atoms with E-state index in [9.17, 15) is 34.2 Å². The number of hydrogen-bond acceptors (Lipinski definition) is 16. The van der Waals surface area contributed by atoms with Crippen molar-refractivity contribution in [2.24, 2.45) is 5.92 Å². The van der Waals surface area contributed by atoms with Crippen molar-refractivity contribution in [1.29, 1.82) is 0 Å². The molecule has 5 amide bonds. The van der Waals surface area contributed by atoms with E-state index in [0.717, 1.165) is 23.4 Å². The molecule has 2 unspecified atom stereocenters. The maximum absolute atomic E-state index is 13.2. The molecule has 0 spiro atoms. The van der Waals surface area contributed by atoms with Gasteiger partial charge in [-0.3, -0.25) is 39.5 Å². The molecule has 2 saturated heterocycles. The predicted octanol–water partition coefficient (Wildman–Crippen LogP) is 0.662. The van der Waals surface area contributed by atoms with Crippen LogP contribution in [0.5, 0.6) is 5.75 Å². The Morgan fingerprint density at radius 3 is 2.24 bits per heavy atom. The van der Waals surface area contributed by atoms with Gasteiger partial charge in [0.2, 0.25) is 17.7 Å². The first-order valence-corrected chi connectivity index (χ1v) is 19.2. The quantitative estimate of drug-likeness (QED) is 0.0521. The molecule has 3 aliphatic heterocycles. The molecule has 0 bridgehead atoms. The number of para-hydroxylation sites is 1. The molecule has 19 nitrogen and oxygen atoms in total. The number of benzene rings is 2. The number of anilines is 3. The number of ether oxygens (including phenoxy) is 4. The molecule has 0 aliphatic carbocycles. The minimum absolute atomic E-state index is 0.00240. The van der Waals surface area contributed by atoms with E-state index >= 15 is 0 Å². The normalized spacial score (nSPS) is 17.7. The number of phenols is 1. The highest BCUT2D eigenvalue weighted by Crippen LogP contribution is 2.34. The lowest BCUT2D eigenvalue weighted by Crippen LogP contribution is -2.54. The Labute approximate surface area is 334 Å². The summed E-state index contributed by atoms with van der Waals surface area (Å²) in [5, 5.41) is 37.1. The van der Waals surface area contributed by atoms with Crippen LogP contribution in [0, 0.1) is 5.92 Å². The largest absolute Gasteiger partial charge is 0.507 e. The van der Waals surface area contributed by atoms with Gasteiger partial charge in [0.05, 0.1) is 74.4 Å². The number of phenolic OH excluding ortho intramolecular Hbond substituents is 1. The third kappa shape index (κ3) is 10.5. The third-order valence-corrected chi connectivity index (χ3v) is 10.00. The van der Waals surface area contributed by atoms with Crippen molar-refractivity contribution < 1.29 is 53.1 Å². The van der Waals surface area contributed by atoms with Gasteiger partial charge in [0.15, 0.2) is 5.82 Å². The number of carbonyl (C=O) groups is 5. The zero-order valence-corrected chi connectivity index (χ0v) is 31.9. The standard InChI is InChI=1S/C39H48N8O11/c40-35-30(22-28(44-45-35)25-4-1-2-7-31(25)48)46-13-10-24(11-14-46)36(51)41-12-15-55-16-17-56-18-19-57-20-21-58-23-33(50)42-27-6-3-5-26-34(27)39(54)47(38(26)53)29-8-9-32(49)43-37(29)52/h1-7,22,24,29,36,41,48,51H,8-21,23H2,(H2,40,45)(H,42,50)(H,43,49,52). The van der Waals surface area contributed by atoms with E-state index in [4.69, 9.17) is 24.7 Å². The molecule has 4 heterocycles. The topological polar surface area (TPSA) is 257 Å². The fourth-order valence-electron chi connectivity index (χ4n) is 7.00. The number of amides is 5. The molecule has 2 aromatic carbocycles. The van der Waals surface area contributed by atoms with Gasteiger partial charge in [0, 0.05) is 37.5 Å². The summed E-state index contributed by atoms with van der Waals surface area (Å²) in [6.07, 6.45) is 0.851.